The van der Waals surface area contributed by atoms with Crippen molar-refractivity contribution in [3.63, 3.8) is 0 Å². The van der Waals surface area contributed by atoms with Gasteiger partial charge in [0.1, 0.15) is 11.6 Å². The Morgan fingerprint density at radius 2 is 2.31 bits per heavy atom. The fraction of sp³-hybridized carbons (Fsp3) is 0.273. The van der Waals surface area contributed by atoms with E-state index in [4.69, 9.17) is 5.73 Å². The first kappa shape index (κ1) is 10.6. The second-order valence-corrected chi connectivity index (χ2v) is 3.45. The molecule has 5 nitrogen and oxygen atoms in total. The highest BCUT2D eigenvalue weighted by Gasteiger charge is 1.98. The average molecular weight is 217 g/mol. The van der Waals surface area contributed by atoms with Gasteiger partial charge in [-0.25, -0.2) is 9.97 Å². The molecule has 0 fully saturated rings. The molecule has 0 aliphatic heterocycles. The Morgan fingerprint density at radius 3 is 3.06 bits per heavy atom. The lowest BCUT2D eigenvalue weighted by Gasteiger charge is -2.05. The summed E-state index contributed by atoms with van der Waals surface area (Å²) in [7, 11) is 0. The normalized spacial score (nSPS) is 10.3. The Labute approximate surface area is 94.1 Å². The molecule has 16 heavy (non-hydrogen) atoms. The van der Waals surface area contributed by atoms with Crippen LogP contribution in [0.2, 0.25) is 0 Å². The van der Waals surface area contributed by atoms with Gasteiger partial charge in [-0.15, -0.1) is 0 Å². The molecule has 2 aromatic rings. The predicted octanol–water partition coefficient (Wildman–Crippen LogP) is 0.918. The van der Waals surface area contributed by atoms with Crippen molar-refractivity contribution in [2.75, 3.05) is 11.9 Å². The average Bonchev–Trinajstić information content (AvgIpc) is 2.80. The number of H-pyrrole nitrogens is 1. The van der Waals surface area contributed by atoms with Crippen LogP contribution < -0.4 is 11.1 Å². The molecule has 5 heteroatoms. The maximum Gasteiger partial charge on any atom is 0.131 e. The van der Waals surface area contributed by atoms with Gasteiger partial charge in [0.25, 0.3) is 0 Å². The van der Waals surface area contributed by atoms with Crippen molar-refractivity contribution in [3.05, 3.63) is 42.1 Å². The predicted molar refractivity (Wildman–Crippen MR) is 62.9 cm³/mol. The summed E-state index contributed by atoms with van der Waals surface area (Å²) in [5.41, 5.74) is 6.58. The largest absolute Gasteiger partial charge is 0.364 e. The Balaban J connectivity index is 1.96. The summed E-state index contributed by atoms with van der Waals surface area (Å²) in [6.07, 6.45) is 4.35. The van der Waals surface area contributed by atoms with Crippen molar-refractivity contribution in [1.29, 1.82) is 0 Å². The van der Waals surface area contributed by atoms with Gasteiger partial charge < -0.3 is 16.0 Å². The van der Waals surface area contributed by atoms with Crippen LogP contribution in [0.25, 0.3) is 0 Å². The molecule has 0 saturated heterocycles. The zero-order chi connectivity index (χ0) is 11.2. The molecule has 4 N–H and O–H groups in total. The summed E-state index contributed by atoms with van der Waals surface area (Å²) in [5.74, 6) is 1.60. The van der Waals surface area contributed by atoms with Crippen molar-refractivity contribution in [2.24, 2.45) is 5.73 Å². The molecule has 2 rings (SSSR count). The third-order valence-electron chi connectivity index (χ3n) is 2.20. The van der Waals surface area contributed by atoms with E-state index in [1.54, 1.807) is 6.20 Å². The molecular formula is C11H15N5. The summed E-state index contributed by atoms with van der Waals surface area (Å²) < 4.78 is 0. The number of aromatic amines is 1. The van der Waals surface area contributed by atoms with Gasteiger partial charge in [-0.1, -0.05) is 0 Å². The summed E-state index contributed by atoms with van der Waals surface area (Å²) >= 11 is 0. The van der Waals surface area contributed by atoms with E-state index in [0.29, 0.717) is 13.0 Å². The molecule has 0 saturated carbocycles. The zero-order valence-corrected chi connectivity index (χ0v) is 8.98. The van der Waals surface area contributed by atoms with Gasteiger partial charge in [0, 0.05) is 24.5 Å². The molecule has 0 spiro atoms. The fourth-order valence-corrected chi connectivity index (χ4v) is 1.41. The maximum absolute atomic E-state index is 5.46. The fourth-order valence-electron chi connectivity index (χ4n) is 1.41. The van der Waals surface area contributed by atoms with Crippen molar-refractivity contribution >= 4 is 5.82 Å². The van der Waals surface area contributed by atoms with Gasteiger partial charge in [-0.2, -0.15) is 0 Å². The number of nitrogens with two attached hydrogens (primary N) is 1. The molecule has 0 bridgehead atoms. The lowest BCUT2D eigenvalue weighted by atomic mass is 10.4. The van der Waals surface area contributed by atoms with Crippen LogP contribution >= 0.6 is 0 Å². The Kier molecular flexibility index (Phi) is 3.50. The minimum atomic E-state index is 0.570. The van der Waals surface area contributed by atoms with Crippen LogP contribution in [-0.4, -0.2) is 21.5 Å². The van der Waals surface area contributed by atoms with Crippen LogP contribution in [0.5, 0.6) is 0 Å². The van der Waals surface area contributed by atoms with Gasteiger partial charge in [0.2, 0.25) is 0 Å². The monoisotopic (exact) mass is 217 g/mol. The lowest BCUT2D eigenvalue weighted by Crippen LogP contribution is -2.08. The first-order valence-corrected chi connectivity index (χ1v) is 5.26. The van der Waals surface area contributed by atoms with Crippen molar-refractivity contribution in [1.82, 2.24) is 15.0 Å². The van der Waals surface area contributed by atoms with Crippen LogP contribution in [-0.2, 0) is 13.0 Å². The molecular weight excluding hydrogens is 202 g/mol. The molecule has 84 valence electrons. The minimum absolute atomic E-state index is 0.570. The topological polar surface area (TPSA) is 79.6 Å². The quantitative estimate of drug-likeness (QED) is 0.695. The molecule has 0 radical (unpaired) electrons. The third-order valence-corrected chi connectivity index (χ3v) is 2.20. The molecule has 0 unspecified atom stereocenters. The molecule has 2 heterocycles. The third kappa shape index (κ3) is 2.80. The summed E-state index contributed by atoms with van der Waals surface area (Å²) in [5, 5.41) is 3.22. The molecule has 0 atom stereocenters. The van der Waals surface area contributed by atoms with E-state index in [0.717, 1.165) is 23.9 Å². The summed E-state index contributed by atoms with van der Waals surface area (Å²) in [6.45, 7) is 1.30. The summed E-state index contributed by atoms with van der Waals surface area (Å²) in [6, 6.07) is 5.84. The van der Waals surface area contributed by atoms with Crippen molar-refractivity contribution in [3.8, 4) is 0 Å². The minimum Gasteiger partial charge on any atom is -0.364 e. The van der Waals surface area contributed by atoms with Crippen LogP contribution in [0, 0.1) is 0 Å². The Morgan fingerprint density at radius 1 is 1.38 bits per heavy atom. The van der Waals surface area contributed by atoms with Crippen molar-refractivity contribution < 1.29 is 0 Å². The first-order valence-electron chi connectivity index (χ1n) is 5.26. The molecule has 0 aliphatic rings. The smallest absolute Gasteiger partial charge is 0.131 e. The van der Waals surface area contributed by atoms with E-state index < -0.39 is 0 Å². The first-order chi connectivity index (χ1) is 7.88. The number of hydrogen-bond donors (Lipinski definition) is 3. The summed E-state index contributed by atoms with van der Waals surface area (Å²) in [4.78, 5) is 11.6. The van der Waals surface area contributed by atoms with E-state index in [2.05, 4.69) is 20.3 Å². The van der Waals surface area contributed by atoms with E-state index in [1.807, 2.05) is 24.4 Å². The van der Waals surface area contributed by atoms with Crippen molar-refractivity contribution in [2.45, 2.75) is 13.0 Å². The SMILES string of the molecule is NCCc1nccc(NCc2ccc[nH]2)n1. The van der Waals surface area contributed by atoms with E-state index in [-0.39, 0.29) is 0 Å². The standard InChI is InChI=1S/C11H15N5/c12-5-3-10-14-7-4-11(16-10)15-8-9-2-1-6-13-9/h1-2,4,6-7,13H,3,5,8,12H2,(H,14,15,16). The highest BCUT2D eigenvalue weighted by Crippen LogP contribution is 2.04. The number of nitrogens with zero attached hydrogens (tertiary/aromatic N) is 2. The van der Waals surface area contributed by atoms with Gasteiger partial charge in [0.15, 0.2) is 0 Å². The highest BCUT2D eigenvalue weighted by atomic mass is 15.0. The van der Waals surface area contributed by atoms with Gasteiger partial charge in [-0.3, -0.25) is 0 Å². The van der Waals surface area contributed by atoms with Crippen LogP contribution in [0.4, 0.5) is 5.82 Å². The highest BCUT2D eigenvalue weighted by molar-refractivity contribution is 5.33. The van der Waals surface area contributed by atoms with Gasteiger partial charge in [-0.05, 0) is 24.7 Å². The number of aromatic nitrogens is 3. The number of rotatable bonds is 5. The van der Waals surface area contributed by atoms with Crippen LogP contribution in [0.1, 0.15) is 11.5 Å². The zero-order valence-electron chi connectivity index (χ0n) is 8.98. The Hall–Kier alpha value is -1.88. The van der Waals surface area contributed by atoms with Crippen LogP contribution in [0.3, 0.4) is 0 Å². The van der Waals surface area contributed by atoms with E-state index in [9.17, 15) is 0 Å². The number of hydrogen-bond acceptors (Lipinski definition) is 4. The molecule has 0 aliphatic carbocycles. The van der Waals surface area contributed by atoms with E-state index in [1.165, 1.54) is 0 Å². The molecule has 0 amide bonds. The molecule has 2 aromatic heterocycles. The second-order valence-electron chi connectivity index (χ2n) is 3.45. The maximum atomic E-state index is 5.46. The van der Waals surface area contributed by atoms with Crippen LogP contribution in [0.15, 0.2) is 30.6 Å². The van der Waals surface area contributed by atoms with Gasteiger partial charge in [0.05, 0.1) is 6.54 Å². The number of nitrogens with one attached hydrogen (secondary N) is 2. The Bertz CT molecular complexity index is 424. The second kappa shape index (κ2) is 5.27. The number of anilines is 1. The van der Waals surface area contributed by atoms with Gasteiger partial charge >= 0.3 is 0 Å². The van der Waals surface area contributed by atoms with E-state index >= 15 is 0 Å². The lowest BCUT2D eigenvalue weighted by molar-refractivity contribution is 0.864. The molecule has 0 aromatic carbocycles.